The van der Waals surface area contributed by atoms with Crippen molar-refractivity contribution in [2.45, 2.75) is 12.4 Å². The summed E-state index contributed by atoms with van der Waals surface area (Å²) in [4.78, 5) is 26.1. The van der Waals surface area contributed by atoms with Crippen LogP contribution >= 0.6 is 0 Å². The summed E-state index contributed by atoms with van der Waals surface area (Å²) in [5.74, 6) is -4.97. The normalized spacial score (nSPS) is 10.8. The lowest BCUT2D eigenvalue weighted by Gasteiger charge is -2.02. The van der Waals surface area contributed by atoms with Gasteiger partial charge in [0.2, 0.25) is 5.88 Å². The lowest BCUT2D eigenvalue weighted by atomic mass is 10.3. The number of hydrogen-bond donors (Lipinski definition) is 3. The Morgan fingerprint density at radius 2 is 1.44 bits per heavy atom. The Labute approximate surface area is 146 Å². The number of nitrogens with two attached hydrogens (primary N) is 1. The Bertz CT molecular complexity index is 770. The first-order valence-corrected chi connectivity index (χ1v) is 6.35. The number of fused-ring (bicyclic) bond motifs is 1. The van der Waals surface area contributed by atoms with Crippen LogP contribution in [0.1, 0.15) is 0 Å². The van der Waals surface area contributed by atoms with Crippen molar-refractivity contribution in [2.24, 2.45) is 0 Å². The van der Waals surface area contributed by atoms with E-state index in [1.807, 2.05) is 6.07 Å². The van der Waals surface area contributed by atoms with Gasteiger partial charge in [0.05, 0.1) is 18.3 Å². The molecule has 0 saturated carbocycles. The van der Waals surface area contributed by atoms with E-state index in [4.69, 9.17) is 30.3 Å². The summed E-state index contributed by atoms with van der Waals surface area (Å²) >= 11 is 0. The predicted octanol–water partition coefficient (Wildman–Crippen LogP) is 2.49. The van der Waals surface area contributed by atoms with E-state index >= 15 is 0 Å². The molecule has 2 heterocycles. The quantitative estimate of drug-likeness (QED) is 0.618. The minimum atomic E-state index is -5.08. The lowest BCUT2D eigenvalue weighted by molar-refractivity contribution is -0.193. The fourth-order valence-corrected chi connectivity index (χ4v) is 1.14. The molecule has 2 aromatic rings. The van der Waals surface area contributed by atoms with Crippen LogP contribution in [0.5, 0.6) is 5.88 Å². The molecule has 0 aliphatic rings. The number of pyridine rings is 2. The van der Waals surface area contributed by atoms with Crippen molar-refractivity contribution in [3.05, 3.63) is 24.4 Å². The summed E-state index contributed by atoms with van der Waals surface area (Å²) in [7, 11) is 1.57. The van der Waals surface area contributed by atoms with Gasteiger partial charge in [-0.05, 0) is 12.1 Å². The maximum Gasteiger partial charge on any atom is 0.490 e. The number of alkyl halides is 6. The second-order valence-electron chi connectivity index (χ2n) is 4.23. The van der Waals surface area contributed by atoms with Gasteiger partial charge in [-0.3, -0.25) is 4.98 Å². The fourth-order valence-electron chi connectivity index (χ4n) is 1.14. The number of nitrogen functional groups attached to an aromatic ring is 1. The molecule has 27 heavy (non-hydrogen) atoms. The zero-order valence-electron chi connectivity index (χ0n) is 13.2. The molecule has 0 atom stereocenters. The molecular weight excluding hydrogens is 392 g/mol. The molecule has 0 saturated heterocycles. The van der Waals surface area contributed by atoms with Crippen LogP contribution in [0.4, 0.5) is 32.0 Å². The van der Waals surface area contributed by atoms with E-state index in [1.165, 1.54) is 0 Å². The third kappa shape index (κ3) is 8.55. The number of halogens is 6. The van der Waals surface area contributed by atoms with Gasteiger partial charge in [-0.1, -0.05) is 0 Å². The molecule has 150 valence electrons. The zero-order chi connectivity index (χ0) is 21.4. The number of carboxylic acid groups (broad SMARTS) is 2. The molecule has 0 bridgehead atoms. The topological polar surface area (TPSA) is 136 Å². The van der Waals surface area contributed by atoms with E-state index in [0.717, 1.165) is 5.52 Å². The molecule has 0 aliphatic carbocycles. The third-order valence-corrected chi connectivity index (χ3v) is 2.28. The molecule has 0 amide bonds. The van der Waals surface area contributed by atoms with Crippen molar-refractivity contribution < 1.29 is 50.9 Å². The van der Waals surface area contributed by atoms with E-state index in [2.05, 4.69) is 9.97 Å². The van der Waals surface area contributed by atoms with Gasteiger partial charge >= 0.3 is 24.3 Å². The molecule has 4 N–H and O–H groups in total. The fraction of sp³-hybridized carbons (Fsp3) is 0.231. The number of aliphatic carboxylic acids is 2. The van der Waals surface area contributed by atoms with Crippen LogP contribution in [-0.4, -0.2) is 51.6 Å². The first-order chi connectivity index (χ1) is 12.2. The Balaban J connectivity index is 0.000000416. The van der Waals surface area contributed by atoms with Gasteiger partial charge in [-0.25, -0.2) is 14.6 Å². The number of carbonyl (C=O) groups is 2. The highest BCUT2D eigenvalue weighted by Gasteiger charge is 2.38. The minimum absolute atomic E-state index is 0.548. The van der Waals surface area contributed by atoms with Gasteiger partial charge in [0.25, 0.3) is 0 Å². The number of nitrogens with zero attached hydrogens (tertiary/aromatic N) is 2. The number of rotatable bonds is 1. The first kappa shape index (κ1) is 23.7. The summed E-state index contributed by atoms with van der Waals surface area (Å²) in [5, 5.41) is 14.2. The standard InChI is InChI=1S/C9H9N3O.2C2HF3O2/c1-13-8-3-2-7-9(12-8)6(10)4-5-11-7;2*3-2(4,5)1(6)7/h2-5H,1H3,(H2,10,11);2*(H,6,7). The Kier molecular flexibility index (Phi) is 8.24. The zero-order valence-corrected chi connectivity index (χ0v) is 13.2. The number of carboxylic acids is 2. The average Bonchev–Trinajstić information content (AvgIpc) is 2.54. The van der Waals surface area contributed by atoms with E-state index in [-0.39, 0.29) is 0 Å². The van der Waals surface area contributed by atoms with Crippen molar-refractivity contribution in [3.8, 4) is 5.88 Å². The van der Waals surface area contributed by atoms with Crippen LogP contribution < -0.4 is 10.5 Å². The summed E-state index contributed by atoms with van der Waals surface area (Å²) in [6, 6.07) is 5.31. The Morgan fingerprint density at radius 3 is 1.81 bits per heavy atom. The smallest absolute Gasteiger partial charge is 0.481 e. The van der Waals surface area contributed by atoms with Crippen molar-refractivity contribution in [2.75, 3.05) is 12.8 Å². The van der Waals surface area contributed by atoms with Gasteiger partial charge < -0.3 is 20.7 Å². The predicted molar refractivity (Wildman–Crippen MR) is 77.9 cm³/mol. The molecule has 14 heteroatoms. The molecule has 0 fully saturated rings. The third-order valence-electron chi connectivity index (χ3n) is 2.28. The van der Waals surface area contributed by atoms with Crippen LogP contribution in [0.2, 0.25) is 0 Å². The van der Waals surface area contributed by atoms with E-state index in [0.29, 0.717) is 17.1 Å². The highest BCUT2D eigenvalue weighted by molar-refractivity contribution is 5.86. The number of hydrogen-bond acceptors (Lipinski definition) is 6. The molecule has 0 radical (unpaired) electrons. The van der Waals surface area contributed by atoms with E-state index in [9.17, 15) is 26.3 Å². The molecule has 2 aromatic heterocycles. The highest BCUT2D eigenvalue weighted by Crippen LogP contribution is 2.19. The van der Waals surface area contributed by atoms with Crippen LogP contribution in [0.25, 0.3) is 11.0 Å². The number of anilines is 1. The lowest BCUT2D eigenvalue weighted by Crippen LogP contribution is -2.21. The second kappa shape index (κ2) is 9.40. The van der Waals surface area contributed by atoms with Crippen LogP contribution in [0.15, 0.2) is 24.4 Å². The monoisotopic (exact) mass is 403 g/mol. The average molecular weight is 403 g/mol. The molecule has 8 nitrogen and oxygen atoms in total. The summed E-state index contributed by atoms with van der Waals surface area (Å²) in [6.45, 7) is 0. The van der Waals surface area contributed by atoms with Crippen molar-refractivity contribution in [1.29, 1.82) is 0 Å². The number of ether oxygens (including phenoxy) is 1. The van der Waals surface area contributed by atoms with E-state index in [1.54, 1.807) is 25.4 Å². The largest absolute Gasteiger partial charge is 0.490 e. The summed E-state index contributed by atoms with van der Waals surface area (Å²) < 4.78 is 68.5. The Morgan fingerprint density at radius 1 is 1.00 bits per heavy atom. The summed E-state index contributed by atoms with van der Waals surface area (Å²) in [6.07, 6.45) is -8.51. The SMILES string of the molecule is COc1ccc2nccc(N)c2n1.O=C(O)C(F)(F)F.O=C(O)C(F)(F)F. The van der Waals surface area contributed by atoms with E-state index < -0.39 is 24.3 Å². The van der Waals surface area contributed by atoms with Gasteiger partial charge in [0, 0.05) is 12.3 Å². The van der Waals surface area contributed by atoms with Crippen molar-refractivity contribution in [3.63, 3.8) is 0 Å². The molecule has 0 aliphatic heterocycles. The molecule has 0 unspecified atom stereocenters. The van der Waals surface area contributed by atoms with Gasteiger partial charge in [0.15, 0.2) is 0 Å². The number of aromatic nitrogens is 2. The summed E-state index contributed by atoms with van der Waals surface area (Å²) in [5.41, 5.74) is 7.80. The van der Waals surface area contributed by atoms with Crippen LogP contribution in [-0.2, 0) is 9.59 Å². The Hall–Kier alpha value is -3.32. The van der Waals surface area contributed by atoms with Gasteiger partial charge in [-0.2, -0.15) is 26.3 Å². The van der Waals surface area contributed by atoms with Crippen LogP contribution in [0.3, 0.4) is 0 Å². The van der Waals surface area contributed by atoms with Gasteiger partial charge in [0.1, 0.15) is 5.52 Å². The molecule has 0 aromatic carbocycles. The molecular formula is C13H11F6N3O5. The molecule has 0 spiro atoms. The van der Waals surface area contributed by atoms with Crippen LogP contribution in [0, 0.1) is 0 Å². The maximum absolute atomic E-state index is 10.6. The first-order valence-electron chi connectivity index (χ1n) is 6.35. The second-order valence-corrected chi connectivity index (χ2v) is 4.23. The molecule has 2 rings (SSSR count). The highest BCUT2D eigenvalue weighted by atomic mass is 19.4. The minimum Gasteiger partial charge on any atom is -0.481 e. The van der Waals surface area contributed by atoms with Crippen molar-refractivity contribution in [1.82, 2.24) is 9.97 Å². The maximum atomic E-state index is 10.6. The van der Waals surface area contributed by atoms with Crippen molar-refractivity contribution >= 4 is 28.7 Å². The van der Waals surface area contributed by atoms with Gasteiger partial charge in [-0.15, -0.1) is 0 Å². The number of methoxy groups -OCH3 is 1.